The Balaban J connectivity index is 1.43. The molecule has 0 bridgehead atoms. The molecule has 1 aromatic heterocycles. The number of nitrogens with one attached hydrogen (secondary N) is 1. The van der Waals surface area contributed by atoms with Crippen molar-refractivity contribution in [3.8, 4) is 0 Å². The van der Waals surface area contributed by atoms with Crippen molar-refractivity contribution in [1.29, 1.82) is 0 Å². The largest absolute Gasteiger partial charge is 0.456 e. The minimum absolute atomic E-state index is 0.169. The van der Waals surface area contributed by atoms with Gasteiger partial charge in [0, 0.05) is 16.5 Å². The zero-order valence-corrected chi connectivity index (χ0v) is 18.8. The van der Waals surface area contributed by atoms with Gasteiger partial charge in [0.25, 0.3) is 0 Å². The van der Waals surface area contributed by atoms with Gasteiger partial charge in [0.1, 0.15) is 17.2 Å². The van der Waals surface area contributed by atoms with Crippen molar-refractivity contribution in [1.82, 2.24) is 4.90 Å². The zero-order valence-electron chi connectivity index (χ0n) is 18.0. The second-order valence-electron chi connectivity index (χ2n) is 8.64. The Hall–Kier alpha value is -2.80. The van der Waals surface area contributed by atoms with E-state index in [0.29, 0.717) is 17.9 Å². The lowest BCUT2D eigenvalue weighted by Gasteiger charge is -2.26. The summed E-state index contributed by atoms with van der Waals surface area (Å²) >= 11 is 1.60. The van der Waals surface area contributed by atoms with Crippen LogP contribution in [-0.2, 0) is 14.4 Å². The van der Waals surface area contributed by atoms with Gasteiger partial charge in [-0.15, -0.1) is 0 Å². The van der Waals surface area contributed by atoms with Crippen LogP contribution in [0.1, 0.15) is 32.1 Å². The van der Waals surface area contributed by atoms with E-state index in [1.165, 1.54) is 4.90 Å². The van der Waals surface area contributed by atoms with E-state index in [0.717, 1.165) is 47.6 Å². The van der Waals surface area contributed by atoms with Crippen molar-refractivity contribution < 1.29 is 18.8 Å². The maximum Gasteiger partial charge on any atom is 0.247 e. The van der Waals surface area contributed by atoms with Gasteiger partial charge in [-0.25, -0.2) is 0 Å². The molecule has 3 atom stereocenters. The van der Waals surface area contributed by atoms with Gasteiger partial charge in [0.15, 0.2) is 0 Å². The molecular weight excluding hydrogens is 424 g/mol. The number of nitrogens with zero attached hydrogens (tertiary/aromatic N) is 1. The zero-order chi connectivity index (χ0) is 22.2. The summed E-state index contributed by atoms with van der Waals surface area (Å²) in [7, 11) is 0. The third kappa shape index (κ3) is 3.58. The average Bonchev–Trinajstić information content (AvgIpc) is 3.30. The fourth-order valence-corrected chi connectivity index (χ4v) is 5.59. The van der Waals surface area contributed by atoms with E-state index >= 15 is 0 Å². The highest BCUT2D eigenvalue weighted by molar-refractivity contribution is 7.98. The molecule has 1 N–H and O–H groups in total. The number of hydrogen-bond acceptors (Lipinski definition) is 5. The van der Waals surface area contributed by atoms with E-state index < -0.39 is 6.04 Å². The predicted molar refractivity (Wildman–Crippen MR) is 126 cm³/mol. The maximum atomic E-state index is 13.4. The highest BCUT2D eigenvalue weighted by atomic mass is 32.2. The van der Waals surface area contributed by atoms with Crippen molar-refractivity contribution in [2.24, 2.45) is 11.8 Å². The molecule has 3 aromatic rings. The monoisotopic (exact) mass is 450 g/mol. The number of carbonyl (C=O) groups is 3. The molecule has 0 radical (unpaired) electrons. The molecule has 3 amide bonds. The van der Waals surface area contributed by atoms with Crippen molar-refractivity contribution in [2.45, 2.75) is 38.1 Å². The van der Waals surface area contributed by atoms with Crippen LogP contribution in [0.15, 0.2) is 46.9 Å². The summed E-state index contributed by atoms with van der Waals surface area (Å²) in [5.74, 6) is -0.472. The van der Waals surface area contributed by atoms with Gasteiger partial charge in [-0.2, -0.15) is 11.8 Å². The smallest absolute Gasteiger partial charge is 0.247 e. The molecule has 2 fully saturated rings. The van der Waals surface area contributed by atoms with Gasteiger partial charge < -0.3 is 9.73 Å². The van der Waals surface area contributed by atoms with Crippen LogP contribution in [-0.4, -0.2) is 40.7 Å². The summed E-state index contributed by atoms with van der Waals surface area (Å²) in [6.45, 7) is 0. The van der Waals surface area contributed by atoms with E-state index in [2.05, 4.69) is 5.32 Å². The molecule has 1 saturated heterocycles. The molecule has 3 unspecified atom stereocenters. The number of fused-ring (bicyclic) bond motifs is 4. The van der Waals surface area contributed by atoms with E-state index in [-0.39, 0.29) is 29.6 Å². The Kier molecular flexibility index (Phi) is 5.67. The lowest BCUT2D eigenvalue weighted by Crippen LogP contribution is -2.48. The Labute approximate surface area is 190 Å². The van der Waals surface area contributed by atoms with Gasteiger partial charge >= 0.3 is 0 Å². The molecular formula is C25H26N2O4S. The Morgan fingerprint density at radius 1 is 1.06 bits per heavy atom. The standard InChI is InChI=1S/C25H26N2O4S/c1-32-13-12-20(27-24(29)17-7-2-3-8-18(17)25(27)30)23(28)26-15-10-11-22-19(14-15)16-6-4-5-9-21(16)31-22/h4-6,9-11,14,17-18,20H,2-3,7-8,12-13H2,1H3,(H,26,28). The number of para-hydroxylation sites is 1. The van der Waals surface area contributed by atoms with Gasteiger partial charge in [-0.05, 0) is 55.5 Å². The number of imide groups is 1. The molecule has 166 valence electrons. The summed E-state index contributed by atoms with van der Waals surface area (Å²) in [6.07, 6.45) is 5.82. The first-order valence-corrected chi connectivity index (χ1v) is 12.6. The molecule has 6 nitrogen and oxygen atoms in total. The van der Waals surface area contributed by atoms with Gasteiger partial charge in [-0.1, -0.05) is 31.0 Å². The second kappa shape index (κ2) is 8.62. The summed E-state index contributed by atoms with van der Waals surface area (Å²) in [5.41, 5.74) is 2.16. The van der Waals surface area contributed by atoms with Crippen molar-refractivity contribution >= 4 is 57.1 Å². The Bertz CT molecular complexity index is 1180. The second-order valence-corrected chi connectivity index (χ2v) is 9.63. The fourth-order valence-electron chi connectivity index (χ4n) is 5.13. The molecule has 2 aliphatic rings. The van der Waals surface area contributed by atoms with Crippen LogP contribution < -0.4 is 5.32 Å². The number of furan rings is 1. The van der Waals surface area contributed by atoms with Crippen molar-refractivity contribution in [3.63, 3.8) is 0 Å². The normalized spacial score (nSPS) is 21.8. The topological polar surface area (TPSA) is 79.6 Å². The average molecular weight is 451 g/mol. The van der Waals surface area contributed by atoms with E-state index in [9.17, 15) is 14.4 Å². The van der Waals surface area contributed by atoms with Crippen LogP contribution in [0.5, 0.6) is 0 Å². The number of thioether (sulfide) groups is 1. The number of amides is 3. The molecule has 1 aliphatic heterocycles. The maximum absolute atomic E-state index is 13.4. The third-order valence-electron chi connectivity index (χ3n) is 6.73. The molecule has 1 aliphatic carbocycles. The SMILES string of the molecule is CSCCC(C(=O)Nc1ccc2oc3ccccc3c2c1)N1C(=O)C2CCCCC2C1=O. The number of carbonyl (C=O) groups excluding carboxylic acids is 3. The van der Waals surface area contributed by atoms with E-state index in [1.807, 2.05) is 42.7 Å². The van der Waals surface area contributed by atoms with Gasteiger partial charge in [0.05, 0.1) is 11.8 Å². The number of likely N-dealkylation sites (tertiary alicyclic amines) is 1. The molecule has 1 saturated carbocycles. The lowest BCUT2D eigenvalue weighted by atomic mass is 9.81. The molecule has 2 aromatic carbocycles. The van der Waals surface area contributed by atoms with Crippen LogP contribution in [0.4, 0.5) is 5.69 Å². The first-order chi connectivity index (χ1) is 15.6. The lowest BCUT2D eigenvalue weighted by molar-refractivity contribution is -0.146. The first kappa shape index (κ1) is 21.1. The number of hydrogen-bond donors (Lipinski definition) is 1. The Morgan fingerprint density at radius 2 is 1.75 bits per heavy atom. The number of anilines is 1. The van der Waals surface area contributed by atoms with Crippen molar-refractivity contribution in [2.75, 3.05) is 17.3 Å². The minimum atomic E-state index is -0.787. The summed E-state index contributed by atoms with van der Waals surface area (Å²) in [4.78, 5) is 40.8. The van der Waals surface area contributed by atoms with Gasteiger partial charge in [-0.3, -0.25) is 19.3 Å². The van der Waals surface area contributed by atoms with Crippen LogP contribution in [0, 0.1) is 11.8 Å². The molecule has 7 heteroatoms. The molecule has 2 heterocycles. The Morgan fingerprint density at radius 3 is 2.47 bits per heavy atom. The van der Waals surface area contributed by atoms with Gasteiger partial charge in [0.2, 0.25) is 17.7 Å². The first-order valence-electron chi connectivity index (χ1n) is 11.2. The summed E-state index contributed by atoms with van der Waals surface area (Å²) < 4.78 is 5.86. The number of rotatable bonds is 6. The highest BCUT2D eigenvalue weighted by Gasteiger charge is 2.51. The summed E-state index contributed by atoms with van der Waals surface area (Å²) in [6, 6.07) is 12.5. The highest BCUT2D eigenvalue weighted by Crippen LogP contribution is 2.39. The minimum Gasteiger partial charge on any atom is -0.456 e. The molecule has 32 heavy (non-hydrogen) atoms. The fraction of sp³-hybridized carbons (Fsp3) is 0.400. The summed E-state index contributed by atoms with van der Waals surface area (Å²) in [5, 5.41) is 4.85. The van der Waals surface area contributed by atoms with Crippen LogP contribution in [0.2, 0.25) is 0 Å². The van der Waals surface area contributed by atoms with E-state index in [1.54, 1.807) is 17.8 Å². The number of benzene rings is 2. The quantitative estimate of drug-likeness (QED) is 0.545. The van der Waals surface area contributed by atoms with Crippen LogP contribution >= 0.6 is 11.8 Å². The molecule has 0 spiro atoms. The predicted octanol–water partition coefficient (Wildman–Crippen LogP) is 4.82. The van der Waals surface area contributed by atoms with Crippen molar-refractivity contribution in [3.05, 3.63) is 42.5 Å². The molecule has 5 rings (SSSR count). The van der Waals surface area contributed by atoms with Crippen LogP contribution in [0.25, 0.3) is 21.9 Å². The van der Waals surface area contributed by atoms with Crippen LogP contribution in [0.3, 0.4) is 0 Å². The van der Waals surface area contributed by atoms with E-state index in [4.69, 9.17) is 4.42 Å². The third-order valence-corrected chi connectivity index (χ3v) is 7.37.